The van der Waals surface area contributed by atoms with Gasteiger partial charge in [-0.05, 0) is 12.8 Å². The lowest BCUT2D eigenvalue weighted by Gasteiger charge is -2.18. The number of amides is 1. The quantitative estimate of drug-likeness (QED) is 0.536. The van der Waals surface area contributed by atoms with Crippen LogP contribution in [0, 0.1) is 0 Å². The zero-order valence-corrected chi connectivity index (χ0v) is 9.84. The van der Waals surface area contributed by atoms with Gasteiger partial charge in [-0.15, -0.1) is 0 Å². The number of halogens is 3. The molecule has 0 bridgehead atoms. The van der Waals surface area contributed by atoms with Crippen molar-refractivity contribution < 1.29 is 27.5 Å². The number of rotatable bonds is 6. The number of unbranched alkanes of at least 4 members (excludes halogenated alkanes) is 2. The van der Waals surface area contributed by atoms with Crippen LogP contribution in [-0.4, -0.2) is 43.7 Å². The van der Waals surface area contributed by atoms with Gasteiger partial charge in [0, 0.05) is 20.0 Å². The summed E-state index contributed by atoms with van der Waals surface area (Å²) >= 11 is 0. The third-order valence-corrected chi connectivity index (χ3v) is 2.19. The molecule has 0 heterocycles. The first-order valence-electron chi connectivity index (χ1n) is 5.18. The maximum Gasteiger partial charge on any atom is 0.471 e. The van der Waals surface area contributed by atoms with Crippen LogP contribution in [0.3, 0.4) is 0 Å². The van der Waals surface area contributed by atoms with Crippen LogP contribution >= 0.6 is 0 Å². The number of carbonyl (C=O) groups is 2. The summed E-state index contributed by atoms with van der Waals surface area (Å²) in [6, 6.07) is 0. The van der Waals surface area contributed by atoms with Gasteiger partial charge in [-0.25, -0.2) is 0 Å². The molecule has 0 aromatic heterocycles. The van der Waals surface area contributed by atoms with Crippen molar-refractivity contribution in [3.05, 3.63) is 0 Å². The molecule has 0 radical (unpaired) electrons. The Hall–Kier alpha value is -1.27. The molecular formula is C10H16F3NO3. The fraction of sp³-hybridized carbons (Fsp3) is 0.800. The second-order valence-corrected chi connectivity index (χ2v) is 3.61. The fourth-order valence-corrected chi connectivity index (χ4v) is 1.22. The van der Waals surface area contributed by atoms with E-state index in [1.165, 1.54) is 7.11 Å². The first kappa shape index (κ1) is 15.7. The summed E-state index contributed by atoms with van der Waals surface area (Å²) in [5.74, 6) is -2.19. The van der Waals surface area contributed by atoms with Gasteiger partial charge in [-0.2, -0.15) is 13.2 Å². The van der Waals surface area contributed by atoms with Crippen LogP contribution in [0.25, 0.3) is 0 Å². The summed E-state index contributed by atoms with van der Waals surface area (Å²) in [6.07, 6.45) is -3.03. The van der Waals surface area contributed by atoms with Gasteiger partial charge in [0.05, 0.1) is 7.11 Å². The molecule has 17 heavy (non-hydrogen) atoms. The minimum Gasteiger partial charge on any atom is -0.469 e. The molecule has 0 unspecified atom stereocenters. The van der Waals surface area contributed by atoms with E-state index in [2.05, 4.69) is 4.74 Å². The standard InChI is InChI=1S/C10H16F3NO3/c1-14(9(16)10(11,12)13)7-5-3-4-6-8(15)17-2/h3-7H2,1-2H3. The molecule has 0 aromatic carbocycles. The molecule has 0 fully saturated rings. The highest BCUT2D eigenvalue weighted by atomic mass is 19.4. The molecule has 0 atom stereocenters. The Morgan fingerprint density at radius 3 is 2.24 bits per heavy atom. The van der Waals surface area contributed by atoms with E-state index in [1.54, 1.807) is 0 Å². The van der Waals surface area contributed by atoms with E-state index in [1.807, 2.05) is 0 Å². The Bertz CT molecular complexity index is 266. The number of carbonyl (C=O) groups excluding carboxylic acids is 2. The van der Waals surface area contributed by atoms with E-state index in [0.717, 1.165) is 7.05 Å². The van der Waals surface area contributed by atoms with E-state index in [9.17, 15) is 22.8 Å². The van der Waals surface area contributed by atoms with Crippen molar-refractivity contribution in [2.45, 2.75) is 31.9 Å². The number of alkyl halides is 3. The van der Waals surface area contributed by atoms with E-state index in [4.69, 9.17) is 0 Å². The summed E-state index contributed by atoms with van der Waals surface area (Å²) in [7, 11) is 2.38. The fourth-order valence-electron chi connectivity index (χ4n) is 1.22. The van der Waals surface area contributed by atoms with Crippen LogP contribution in [0.4, 0.5) is 13.2 Å². The maximum atomic E-state index is 12.0. The van der Waals surface area contributed by atoms with Gasteiger partial charge in [-0.1, -0.05) is 6.42 Å². The number of hydrogen-bond acceptors (Lipinski definition) is 3. The van der Waals surface area contributed by atoms with Crippen LogP contribution in [0.5, 0.6) is 0 Å². The SMILES string of the molecule is COC(=O)CCCCCN(C)C(=O)C(F)(F)F. The molecule has 0 rings (SSSR count). The zero-order chi connectivity index (χ0) is 13.5. The summed E-state index contributed by atoms with van der Waals surface area (Å²) < 4.78 is 40.3. The normalized spacial score (nSPS) is 11.1. The molecule has 0 N–H and O–H groups in total. The number of methoxy groups -OCH3 is 1. The van der Waals surface area contributed by atoms with Crippen molar-refractivity contribution in [2.24, 2.45) is 0 Å². The molecule has 0 saturated heterocycles. The molecule has 1 amide bonds. The molecule has 0 spiro atoms. The zero-order valence-electron chi connectivity index (χ0n) is 9.84. The molecule has 0 aliphatic carbocycles. The van der Waals surface area contributed by atoms with E-state index in [0.29, 0.717) is 24.2 Å². The molecule has 0 aromatic rings. The Kier molecular flexibility index (Phi) is 6.60. The van der Waals surface area contributed by atoms with Crippen molar-refractivity contribution in [3.63, 3.8) is 0 Å². The Morgan fingerprint density at radius 1 is 1.18 bits per heavy atom. The summed E-state index contributed by atoms with van der Waals surface area (Å²) in [6.45, 7) is 0.0273. The summed E-state index contributed by atoms with van der Waals surface area (Å²) in [4.78, 5) is 22.1. The average molecular weight is 255 g/mol. The van der Waals surface area contributed by atoms with Gasteiger partial charge in [-0.3, -0.25) is 9.59 Å². The predicted octanol–water partition coefficient (Wildman–Crippen LogP) is 1.74. The number of ether oxygens (including phenoxy) is 1. The largest absolute Gasteiger partial charge is 0.471 e. The summed E-state index contributed by atoms with van der Waals surface area (Å²) in [5.41, 5.74) is 0. The van der Waals surface area contributed by atoms with Gasteiger partial charge in [0.15, 0.2) is 0 Å². The molecule has 7 heteroatoms. The Morgan fingerprint density at radius 2 is 1.76 bits per heavy atom. The van der Waals surface area contributed by atoms with E-state index in [-0.39, 0.29) is 18.9 Å². The van der Waals surface area contributed by atoms with E-state index >= 15 is 0 Å². The lowest BCUT2D eigenvalue weighted by atomic mass is 10.2. The molecular weight excluding hydrogens is 239 g/mol. The second-order valence-electron chi connectivity index (χ2n) is 3.61. The predicted molar refractivity (Wildman–Crippen MR) is 54.2 cm³/mol. The number of hydrogen-bond donors (Lipinski definition) is 0. The monoisotopic (exact) mass is 255 g/mol. The maximum absolute atomic E-state index is 12.0. The van der Waals surface area contributed by atoms with Crippen LogP contribution in [0.2, 0.25) is 0 Å². The van der Waals surface area contributed by atoms with Crippen molar-refractivity contribution in [2.75, 3.05) is 20.7 Å². The highest BCUT2D eigenvalue weighted by Gasteiger charge is 2.40. The minimum absolute atomic E-state index is 0.0273. The van der Waals surface area contributed by atoms with E-state index < -0.39 is 12.1 Å². The summed E-state index contributed by atoms with van der Waals surface area (Å²) in [5, 5.41) is 0. The van der Waals surface area contributed by atoms with Gasteiger partial charge in [0.25, 0.3) is 0 Å². The van der Waals surface area contributed by atoms with Crippen LogP contribution in [0.1, 0.15) is 25.7 Å². The van der Waals surface area contributed by atoms with Crippen molar-refractivity contribution in [1.82, 2.24) is 4.90 Å². The van der Waals surface area contributed by atoms with Gasteiger partial charge >= 0.3 is 18.1 Å². The third kappa shape index (κ3) is 6.80. The first-order chi connectivity index (χ1) is 7.79. The van der Waals surface area contributed by atoms with Gasteiger partial charge in [0.1, 0.15) is 0 Å². The van der Waals surface area contributed by atoms with Crippen LogP contribution in [-0.2, 0) is 14.3 Å². The molecule has 100 valence electrons. The smallest absolute Gasteiger partial charge is 0.469 e. The highest BCUT2D eigenvalue weighted by molar-refractivity contribution is 5.81. The third-order valence-electron chi connectivity index (χ3n) is 2.19. The number of nitrogens with zero attached hydrogens (tertiary/aromatic N) is 1. The van der Waals surface area contributed by atoms with Crippen molar-refractivity contribution in [1.29, 1.82) is 0 Å². The Labute approximate surface area is 97.7 Å². The van der Waals surface area contributed by atoms with Crippen LogP contribution in [0.15, 0.2) is 0 Å². The van der Waals surface area contributed by atoms with Crippen LogP contribution < -0.4 is 0 Å². The lowest BCUT2D eigenvalue weighted by molar-refractivity contribution is -0.184. The molecule has 0 saturated carbocycles. The number of esters is 1. The average Bonchev–Trinajstić information content (AvgIpc) is 2.25. The van der Waals surface area contributed by atoms with Crippen molar-refractivity contribution in [3.8, 4) is 0 Å². The lowest BCUT2D eigenvalue weighted by Crippen LogP contribution is -2.38. The minimum atomic E-state index is -4.82. The molecule has 4 nitrogen and oxygen atoms in total. The second kappa shape index (κ2) is 7.13. The van der Waals surface area contributed by atoms with Gasteiger partial charge < -0.3 is 9.64 Å². The first-order valence-corrected chi connectivity index (χ1v) is 5.18. The topological polar surface area (TPSA) is 46.6 Å². The van der Waals surface area contributed by atoms with Gasteiger partial charge in [0.2, 0.25) is 0 Å². The Balaban J connectivity index is 3.69. The molecule has 0 aliphatic heterocycles. The van der Waals surface area contributed by atoms with Crippen molar-refractivity contribution >= 4 is 11.9 Å². The molecule has 0 aliphatic rings. The highest BCUT2D eigenvalue weighted by Crippen LogP contribution is 2.17.